The number of rotatable bonds is 0. The van der Waals surface area contributed by atoms with E-state index in [9.17, 15) is 5.11 Å². The Morgan fingerprint density at radius 1 is 0.484 bits per heavy atom. The maximum absolute atomic E-state index is 11.0. The molecular formula is C26H28O5. The summed E-state index contributed by atoms with van der Waals surface area (Å²) in [6.45, 7) is 2.93. The summed E-state index contributed by atoms with van der Waals surface area (Å²) in [7, 11) is 0. The van der Waals surface area contributed by atoms with Crippen molar-refractivity contribution in [3.63, 3.8) is 0 Å². The smallest absolute Gasteiger partial charge is 0.122 e. The minimum Gasteiger partial charge on any atom is -0.507 e. The second-order valence-corrected chi connectivity index (χ2v) is 7.42. The van der Waals surface area contributed by atoms with Gasteiger partial charge >= 0.3 is 0 Å². The first-order valence-corrected chi connectivity index (χ1v) is 10.7. The highest BCUT2D eigenvalue weighted by atomic mass is 16.6. The fourth-order valence-corrected chi connectivity index (χ4v) is 3.66. The van der Waals surface area contributed by atoms with Gasteiger partial charge in [0.25, 0.3) is 0 Å². The normalized spacial score (nSPS) is 15.7. The molecule has 0 fully saturated rings. The van der Waals surface area contributed by atoms with Crippen LogP contribution in [-0.4, -0.2) is 44.7 Å². The predicted octanol–water partition coefficient (Wildman–Crippen LogP) is 4.38. The van der Waals surface area contributed by atoms with E-state index in [1.807, 2.05) is 66.7 Å². The van der Waals surface area contributed by atoms with Crippen LogP contribution in [0.4, 0.5) is 0 Å². The van der Waals surface area contributed by atoms with Crippen molar-refractivity contribution in [2.24, 2.45) is 0 Å². The summed E-state index contributed by atoms with van der Waals surface area (Å²) in [6, 6.07) is 21.8. The van der Waals surface area contributed by atoms with Crippen LogP contribution in [0.25, 0.3) is 0 Å². The molecule has 0 radical (unpaired) electrons. The molecule has 5 nitrogen and oxygen atoms in total. The summed E-state index contributed by atoms with van der Waals surface area (Å²) in [5, 5.41) is 11.0. The second-order valence-electron chi connectivity index (χ2n) is 7.42. The van der Waals surface area contributed by atoms with Crippen molar-refractivity contribution < 1.29 is 24.1 Å². The maximum Gasteiger partial charge on any atom is 0.122 e. The van der Waals surface area contributed by atoms with Crippen LogP contribution in [0.1, 0.15) is 22.3 Å². The van der Waals surface area contributed by atoms with Crippen molar-refractivity contribution in [2.75, 3.05) is 39.6 Å². The van der Waals surface area contributed by atoms with Gasteiger partial charge in [-0.3, -0.25) is 0 Å². The zero-order chi connectivity index (χ0) is 21.3. The molecule has 3 aromatic carbocycles. The molecule has 31 heavy (non-hydrogen) atoms. The summed E-state index contributed by atoms with van der Waals surface area (Å²) in [5.41, 5.74) is 3.80. The van der Waals surface area contributed by atoms with Crippen LogP contribution >= 0.6 is 0 Å². The Hall–Kier alpha value is -3.02. The first kappa shape index (κ1) is 21.2. The Labute approximate surface area is 183 Å². The third-order valence-corrected chi connectivity index (χ3v) is 5.25. The lowest BCUT2D eigenvalue weighted by molar-refractivity contribution is 0.0272. The third-order valence-electron chi connectivity index (χ3n) is 5.25. The molecule has 0 spiro atoms. The number of phenolic OH excluding ortho intramolecular Hbond substituents is 1. The number of ether oxygens (including phenoxy) is 4. The van der Waals surface area contributed by atoms with E-state index >= 15 is 0 Å². The van der Waals surface area contributed by atoms with Gasteiger partial charge in [-0.05, 0) is 34.4 Å². The molecule has 2 bridgehead atoms. The first-order chi connectivity index (χ1) is 15.3. The Morgan fingerprint density at radius 3 is 1.42 bits per heavy atom. The predicted molar refractivity (Wildman–Crippen MR) is 119 cm³/mol. The van der Waals surface area contributed by atoms with Crippen molar-refractivity contribution in [3.8, 4) is 17.2 Å². The van der Waals surface area contributed by atoms with Gasteiger partial charge in [0.15, 0.2) is 0 Å². The van der Waals surface area contributed by atoms with Gasteiger partial charge in [0.05, 0.1) is 26.4 Å². The quantitative estimate of drug-likeness (QED) is 0.585. The molecule has 0 saturated heterocycles. The van der Waals surface area contributed by atoms with Crippen LogP contribution in [0.3, 0.4) is 0 Å². The summed E-state index contributed by atoms with van der Waals surface area (Å²) < 4.78 is 23.1. The molecule has 1 aliphatic rings. The van der Waals surface area contributed by atoms with E-state index in [0.29, 0.717) is 58.2 Å². The second kappa shape index (κ2) is 10.8. The highest BCUT2D eigenvalue weighted by Crippen LogP contribution is 2.31. The fourth-order valence-electron chi connectivity index (χ4n) is 3.66. The number of aromatic hydroxyl groups is 1. The molecule has 3 aromatic rings. The Morgan fingerprint density at radius 2 is 0.903 bits per heavy atom. The summed E-state index contributed by atoms with van der Waals surface area (Å²) in [5.74, 6) is 1.93. The van der Waals surface area contributed by atoms with Gasteiger partial charge in [0, 0.05) is 12.8 Å². The van der Waals surface area contributed by atoms with Crippen molar-refractivity contribution >= 4 is 0 Å². The monoisotopic (exact) mass is 420 g/mol. The van der Waals surface area contributed by atoms with E-state index in [2.05, 4.69) is 0 Å². The molecule has 162 valence electrons. The molecule has 5 heteroatoms. The van der Waals surface area contributed by atoms with Crippen LogP contribution in [0.5, 0.6) is 17.2 Å². The van der Waals surface area contributed by atoms with Crippen molar-refractivity contribution in [3.05, 3.63) is 89.0 Å². The van der Waals surface area contributed by atoms with Crippen molar-refractivity contribution in [1.82, 2.24) is 0 Å². The van der Waals surface area contributed by atoms with E-state index in [0.717, 1.165) is 33.8 Å². The zero-order valence-electron chi connectivity index (χ0n) is 17.6. The molecule has 1 N–H and O–H groups in total. The molecule has 1 heterocycles. The van der Waals surface area contributed by atoms with E-state index in [1.54, 1.807) is 0 Å². The van der Waals surface area contributed by atoms with Gasteiger partial charge in [-0.15, -0.1) is 0 Å². The van der Waals surface area contributed by atoms with Crippen LogP contribution in [0.2, 0.25) is 0 Å². The average Bonchev–Trinajstić information content (AvgIpc) is 2.79. The standard InChI is InChI=1S/C26H28O5/c27-26-22-8-5-9-23(26)19-21-7-2-4-11-25(21)31-17-15-29-13-12-28-14-16-30-24-10-3-1-6-20(24)18-22/h1-11,27H,12-19H2. The highest BCUT2D eigenvalue weighted by Gasteiger charge is 2.13. The van der Waals surface area contributed by atoms with Crippen molar-refractivity contribution in [1.29, 1.82) is 0 Å². The van der Waals surface area contributed by atoms with Crippen LogP contribution in [0, 0.1) is 0 Å². The third kappa shape index (κ3) is 5.78. The summed E-state index contributed by atoms with van der Waals surface area (Å²) in [6.07, 6.45) is 1.17. The van der Waals surface area contributed by atoms with Crippen LogP contribution in [0.15, 0.2) is 66.7 Å². The highest BCUT2D eigenvalue weighted by molar-refractivity contribution is 5.48. The molecule has 0 unspecified atom stereocenters. The zero-order valence-corrected chi connectivity index (χ0v) is 17.6. The summed E-state index contributed by atoms with van der Waals surface area (Å²) >= 11 is 0. The van der Waals surface area contributed by atoms with E-state index in [-0.39, 0.29) is 0 Å². The van der Waals surface area contributed by atoms with Gasteiger partial charge in [-0.1, -0.05) is 54.6 Å². The van der Waals surface area contributed by atoms with Gasteiger partial charge < -0.3 is 24.1 Å². The number of hydrogen-bond acceptors (Lipinski definition) is 5. The molecule has 4 rings (SSSR count). The lowest BCUT2D eigenvalue weighted by Crippen LogP contribution is -2.14. The van der Waals surface area contributed by atoms with E-state index < -0.39 is 0 Å². The number of phenols is 1. The van der Waals surface area contributed by atoms with Gasteiger partial charge in [-0.2, -0.15) is 0 Å². The summed E-state index contributed by atoms with van der Waals surface area (Å²) in [4.78, 5) is 0. The molecule has 0 aromatic heterocycles. The molecule has 1 aliphatic heterocycles. The molecule has 0 amide bonds. The van der Waals surface area contributed by atoms with E-state index in [1.165, 1.54) is 0 Å². The van der Waals surface area contributed by atoms with Gasteiger partial charge in [-0.25, -0.2) is 0 Å². The minimum atomic E-state index is 0.316. The largest absolute Gasteiger partial charge is 0.507 e. The SMILES string of the molecule is Oc1c2cccc1Cc1ccccc1OCCOCCOCCOc1ccccc1C2. The van der Waals surface area contributed by atoms with Crippen molar-refractivity contribution in [2.45, 2.75) is 12.8 Å². The van der Waals surface area contributed by atoms with Gasteiger partial charge in [0.2, 0.25) is 0 Å². The average molecular weight is 421 g/mol. The minimum absolute atomic E-state index is 0.316. The lowest BCUT2D eigenvalue weighted by Gasteiger charge is -2.15. The number of para-hydroxylation sites is 3. The van der Waals surface area contributed by atoms with Gasteiger partial charge in [0.1, 0.15) is 30.5 Å². The Kier molecular flexibility index (Phi) is 7.42. The first-order valence-electron chi connectivity index (χ1n) is 10.7. The Bertz CT molecular complexity index is 909. The lowest BCUT2D eigenvalue weighted by atomic mass is 9.97. The molecule has 0 aliphatic carbocycles. The number of fused-ring (bicyclic) bond motifs is 4. The maximum atomic E-state index is 11.0. The Balaban J connectivity index is 1.62. The van der Waals surface area contributed by atoms with E-state index in [4.69, 9.17) is 18.9 Å². The number of hydrogen-bond donors (Lipinski definition) is 1. The van der Waals surface area contributed by atoms with Crippen LogP contribution in [-0.2, 0) is 22.3 Å². The topological polar surface area (TPSA) is 57.2 Å². The van der Waals surface area contributed by atoms with Crippen LogP contribution < -0.4 is 9.47 Å². The molecule has 0 saturated carbocycles. The number of benzene rings is 3. The fraction of sp³-hybridized carbons (Fsp3) is 0.308. The molecular weight excluding hydrogens is 392 g/mol. The molecule has 0 atom stereocenters.